The maximum Gasteiger partial charge on any atom is 0.322 e. The van der Waals surface area contributed by atoms with E-state index >= 15 is 0 Å². The van der Waals surface area contributed by atoms with E-state index in [9.17, 15) is 44.4 Å². The average Bonchev–Trinajstić information content (AvgIpc) is 3.34. The molecule has 0 radical (unpaired) electrons. The number of amides is 7. The van der Waals surface area contributed by atoms with Gasteiger partial charge in [-0.05, 0) is 112 Å². The molecule has 9 N–H and O–H groups in total. The van der Waals surface area contributed by atoms with Crippen molar-refractivity contribution in [3.05, 3.63) is 81.0 Å². The Kier molecular flexibility index (Phi) is 17.5. The Morgan fingerprint density at radius 3 is 2.26 bits per heavy atom. The molecule has 0 aliphatic carbocycles. The highest BCUT2D eigenvalue weighted by molar-refractivity contribution is 9.11. The third kappa shape index (κ3) is 12.6. The SMILES string of the molecule is CC(=O)N[C@@H]1[C@@H](O)[C@H](O)[C@@H](CO)O[C@H]1NCCCC[C@H](NC(=O)[C@@H](Cc1cc(Br)c(O)c(Br)c1)NC(=O)N1CCC(N2Cc3ccccc3NC2=O)CC1)C(=O)N1CCN(c2ccncc2)CC1. The van der Waals surface area contributed by atoms with Gasteiger partial charge in [0, 0.05) is 89.0 Å². The fourth-order valence-electron chi connectivity index (χ4n) is 9.21. The van der Waals surface area contributed by atoms with Crippen LogP contribution in [0.4, 0.5) is 21.0 Å². The van der Waals surface area contributed by atoms with Crippen LogP contribution >= 0.6 is 31.9 Å². The number of phenolic OH excluding ortho intramolecular Hbond substituents is 1. The van der Waals surface area contributed by atoms with Crippen molar-refractivity contribution >= 4 is 73.0 Å². The number of anilines is 2. The van der Waals surface area contributed by atoms with Gasteiger partial charge in [0.05, 0.1) is 21.6 Å². The third-order valence-corrected chi connectivity index (χ3v) is 14.2. The number of nitrogens with one attached hydrogen (secondary N) is 5. The van der Waals surface area contributed by atoms with E-state index in [1.54, 1.807) is 39.2 Å². The first-order valence-corrected chi connectivity index (χ1v) is 24.5. The Bertz CT molecular complexity index is 2230. The molecular formula is C46H60Br2N10O10. The van der Waals surface area contributed by atoms with E-state index in [1.165, 1.54) is 6.92 Å². The molecule has 3 saturated heterocycles. The fourth-order valence-corrected chi connectivity index (χ4v) is 10.5. The zero-order chi connectivity index (χ0) is 48.5. The highest BCUT2D eigenvalue weighted by atomic mass is 79.9. The molecule has 3 aromatic rings. The number of piperazine rings is 1. The van der Waals surface area contributed by atoms with Crippen molar-refractivity contribution in [1.82, 2.24) is 41.0 Å². The van der Waals surface area contributed by atoms with Gasteiger partial charge < -0.3 is 66.0 Å². The van der Waals surface area contributed by atoms with Gasteiger partial charge in [0.2, 0.25) is 17.7 Å². The van der Waals surface area contributed by atoms with Gasteiger partial charge in [-0.1, -0.05) is 18.2 Å². The van der Waals surface area contributed by atoms with Crippen molar-refractivity contribution in [2.24, 2.45) is 0 Å². The molecule has 4 aliphatic heterocycles. The lowest BCUT2D eigenvalue weighted by Crippen LogP contribution is -2.67. The number of unbranched alkanes of at least 4 members (excludes halogenated alkanes) is 1. The summed E-state index contributed by atoms with van der Waals surface area (Å²) in [6.45, 7) is 4.06. The van der Waals surface area contributed by atoms with E-state index in [4.69, 9.17) is 4.74 Å². The molecule has 7 amide bonds. The Morgan fingerprint density at radius 1 is 0.897 bits per heavy atom. The second kappa shape index (κ2) is 23.5. The van der Waals surface area contributed by atoms with E-state index < -0.39 is 67.1 Å². The maximum atomic E-state index is 14.6. The summed E-state index contributed by atoms with van der Waals surface area (Å²) in [7, 11) is 0. The number of piperidine rings is 1. The molecule has 20 nitrogen and oxygen atoms in total. The number of aliphatic hydroxyl groups is 3. The molecule has 368 valence electrons. The first kappa shape index (κ1) is 50.8. The topological polar surface area (TPSA) is 262 Å². The Morgan fingerprint density at radius 2 is 1.59 bits per heavy atom. The summed E-state index contributed by atoms with van der Waals surface area (Å²) >= 11 is 6.74. The second-order valence-electron chi connectivity index (χ2n) is 17.6. The largest absolute Gasteiger partial charge is 0.506 e. The molecule has 68 heavy (non-hydrogen) atoms. The lowest BCUT2D eigenvalue weighted by Gasteiger charge is -2.42. The molecule has 3 fully saturated rings. The van der Waals surface area contributed by atoms with Crippen LogP contribution in [-0.2, 0) is 32.1 Å². The number of hydrogen-bond donors (Lipinski definition) is 9. The van der Waals surface area contributed by atoms with E-state index in [1.807, 2.05) is 36.4 Å². The minimum absolute atomic E-state index is 0.0144. The summed E-state index contributed by atoms with van der Waals surface area (Å²) in [4.78, 5) is 79.6. The summed E-state index contributed by atoms with van der Waals surface area (Å²) in [6.07, 6.45) is 0.738. The van der Waals surface area contributed by atoms with Crippen LogP contribution in [-0.4, -0.2) is 171 Å². The van der Waals surface area contributed by atoms with Crippen molar-refractivity contribution < 1.29 is 49.1 Å². The summed E-state index contributed by atoms with van der Waals surface area (Å²) in [5.41, 5.74) is 3.40. The number of aromatic nitrogens is 1. The number of ether oxygens (including phenoxy) is 1. The van der Waals surface area contributed by atoms with Crippen molar-refractivity contribution in [2.75, 3.05) is 62.6 Å². The number of aromatic hydroxyl groups is 1. The normalized spacial score (nSPS) is 23.0. The summed E-state index contributed by atoms with van der Waals surface area (Å²) in [5, 5.41) is 56.0. The number of pyridine rings is 1. The zero-order valence-corrected chi connectivity index (χ0v) is 40.9. The van der Waals surface area contributed by atoms with Crippen LogP contribution in [0.3, 0.4) is 0 Å². The number of halogens is 2. The summed E-state index contributed by atoms with van der Waals surface area (Å²) < 4.78 is 6.57. The van der Waals surface area contributed by atoms with Gasteiger partial charge in [-0.3, -0.25) is 24.7 Å². The monoisotopic (exact) mass is 1070 g/mol. The van der Waals surface area contributed by atoms with Gasteiger partial charge in [0.15, 0.2) is 0 Å². The first-order valence-electron chi connectivity index (χ1n) is 23.0. The molecule has 7 rings (SSSR count). The van der Waals surface area contributed by atoms with Gasteiger partial charge in [-0.2, -0.15) is 0 Å². The lowest BCUT2D eigenvalue weighted by atomic mass is 9.96. The van der Waals surface area contributed by atoms with Crippen LogP contribution in [0.15, 0.2) is 69.9 Å². The van der Waals surface area contributed by atoms with E-state index in [0.717, 1.165) is 16.9 Å². The molecule has 7 atom stereocenters. The minimum Gasteiger partial charge on any atom is -0.506 e. The molecule has 0 unspecified atom stereocenters. The number of phenols is 1. The Hall–Kier alpha value is -5.10. The molecule has 4 aliphatic rings. The van der Waals surface area contributed by atoms with E-state index in [-0.39, 0.29) is 43.1 Å². The van der Waals surface area contributed by atoms with E-state index in [0.29, 0.717) is 86.0 Å². The van der Waals surface area contributed by atoms with Crippen LogP contribution in [0.5, 0.6) is 5.75 Å². The van der Waals surface area contributed by atoms with Crippen LogP contribution in [0.25, 0.3) is 0 Å². The number of aliphatic hydroxyl groups excluding tert-OH is 3. The van der Waals surface area contributed by atoms with Crippen molar-refractivity contribution in [3.63, 3.8) is 0 Å². The third-order valence-electron chi connectivity index (χ3n) is 13.0. The molecule has 1 aromatic heterocycles. The van der Waals surface area contributed by atoms with Crippen molar-refractivity contribution in [3.8, 4) is 5.75 Å². The number of urea groups is 2. The molecule has 0 spiro atoms. The van der Waals surface area contributed by atoms with Crippen LogP contribution in [0.2, 0.25) is 0 Å². The Balaban J connectivity index is 1.04. The number of nitrogens with zero attached hydrogens (tertiary/aromatic N) is 5. The first-order chi connectivity index (χ1) is 32.7. The number of benzene rings is 2. The highest BCUT2D eigenvalue weighted by Crippen LogP contribution is 2.34. The summed E-state index contributed by atoms with van der Waals surface area (Å²) in [6, 6.07) is 10.9. The van der Waals surface area contributed by atoms with E-state index in [2.05, 4.69) is 68.3 Å². The zero-order valence-electron chi connectivity index (χ0n) is 37.7. The second-order valence-corrected chi connectivity index (χ2v) is 19.3. The molecule has 22 heteroatoms. The smallest absolute Gasteiger partial charge is 0.322 e. The number of carbonyl (C=O) groups excluding carboxylic acids is 5. The predicted molar refractivity (Wildman–Crippen MR) is 257 cm³/mol. The van der Waals surface area contributed by atoms with Gasteiger partial charge in [0.25, 0.3) is 0 Å². The molecule has 0 saturated carbocycles. The number of para-hydroxylation sites is 1. The lowest BCUT2D eigenvalue weighted by molar-refractivity contribution is -0.202. The van der Waals surface area contributed by atoms with Crippen LogP contribution in [0, 0.1) is 0 Å². The maximum absolute atomic E-state index is 14.6. The minimum atomic E-state index is -1.43. The fraction of sp³-hybridized carbons (Fsp3) is 0.522. The number of hydrogen-bond acceptors (Lipinski definition) is 13. The molecular weight excluding hydrogens is 1010 g/mol. The van der Waals surface area contributed by atoms with Gasteiger partial charge in [-0.15, -0.1) is 0 Å². The van der Waals surface area contributed by atoms with Gasteiger partial charge in [0.1, 0.15) is 42.4 Å². The van der Waals surface area contributed by atoms with Crippen LogP contribution < -0.4 is 31.5 Å². The number of fused-ring (bicyclic) bond motifs is 1. The average molecular weight is 1070 g/mol. The van der Waals surface area contributed by atoms with Crippen molar-refractivity contribution in [1.29, 1.82) is 0 Å². The highest BCUT2D eigenvalue weighted by Gasteiger charge is 2.44. The Labute approximate surface area is 411 Å². The number of carbonyl (C=O) groups is 5. The quantitative estimate of drug-likeness (QED) is 0.0932. The molecule has 0 bridgehead atoms. The number of likely N-dealkylation sites (tertiary alicyclic amines) is 1. The summed E-state index contributed by atoms with van der Waals surface area (Å²) in [5.74, 6) is -1.34. The van der Waals surface area contributed by atoms with Gasteiger partial charge in [-0.25, -0.2) is 9.59 Å². The standard InChI is InChI=1S/C46H60Br2N10O10/c1-27(60)51-38-41(63)40(62)37(26-59)68-43(38)50-13-5-4-8-35(44(65)56-20-18-55(19-21-56)30-9-14-49-15-10-30)52-42(64)36(24-28-22-32(47)39(61)33(48)23-28)54-45(66)57-16-11-31(12-17-57)58-25-29-6-2-3-7-34(29)53-46(58)67/h2-3,6-7,9-10,14-15,22-23,31,35-38,40-41,43,50,59,61-63H,4-5,8,11-13,16-21,24-26H2,1H3,(H,51,60)(H,52,64)(H,53,67)(H,54,66)/t35-,36+,37+,38+,40+,41+,43+/m0/s1. The van der Waals surface area contributed by atoms with Crippen molar-refractivity contribution in [2.45, 2.75) is 101 Å². The molecule has 5 heterocycles. The van der Waals surface area contributed by atoms with Gasteiger partial charge >= 0.3 is 12.1 Å². The predicted octanol–water partition coefficient (Wildman–Crippen LogP) is 1.98. The molecule has 2 aromatic carbocycles. The van der Waals surface area contributed by atoms with Crippen LogP contribution in [0.1, 0.15) is 50.2 Å². The number of rotatable bonds is 16.